The van der Waals surface area contributed by atoms with Crippen molar-refractivity contribution in [1.29, 1.82) is 0 Å². The van der Waals surface area contributed by atoms with Crippen molar-refractivity contribution in [3.8, 4) is 0 Å². The highest BCUT2D eigenvalue weighted by atomic mass is 16.2. The molecule has 0 aromatic heterocycles. The largest absolute Gasteiger partial charge is 0.343 e. The molecule has 14 heavy (non-hydrogen) atoms. The first-order valence-electron chi connectivity index (χ1n) is 5.81. The van der Waals surface area contributed by atoms with Crippen LogP contribution in [0.1, 0.15) is 40.0 Å². The molecule has 0 radical (unpaired) electrons. The number of carbonyl (C=O) groups excluding carboxylic acids is 1. The fourth-order valence-corrected chi connectivity index (χ4v) is 3.16. The summed E-state index contributed by atoms with van der Waals surface area (Å²) in [4.78, 5) is 13.2. The molecule has 2 aliphatic rings. The van der Waals surface area contributed by atoms with Crippen LogP contribution in [-0.4, -0.2) is 23.9 Å². The summed E-state index contributed by atoms with van der Waals surface area (Å²) >= 11 is 0. The van der Waals surface area contributed by atoms with E-state index in [1.165, 1.54) is 19.3 Å². The predicted molar refractivity (Wildman–Crippen MR) is 56.9 cm³/mol. The minimum atomic E-state index is 0.251. The van der Waals surface area contributed by atoms with Crippen molar-refractivity contribution in [1.82, 2.24) is 4.90 Å². The molecule has 1 aliphatic heterocycles. The van der Waals surface area contributed by atoms with E-state index in [-0.39, 0.29) is 5.91 Å². The van der Waals surface area contributed by atoms with E-state index in [1.54, 1.807) is 6.92 Å². The van der Waals surface area contributed by atoms with Gasteiger partial charge in [0.25, 0.3) is 0 Å². The summed E-state index contributed by atoms with van der Waals surface area (Å²) in [6, 6.07) is 0. The second kappa shape index (κ2) is 3.25. The molecule has 1 unspecified atom stereocenters. The van der Waals surface area contributed by atoms with Crippen molar-refractivity contribution < 1.29 is 4.79 Å². The quantitative estimate of drug-likeness (QED) is 0.628. The zero-order chi connectivity index (χ0) is 10.3. The standard InChI is InChI=1S/C12H21NO/c1-9(2)11-8-12(11)4-6-13(7-5-12)10(3)14/h9,11H,4-8H2,1-3H3. The molecular weight excluding hydrogens is 174 g/mol. The van der Waals surface area contributed by atoms with Gasteiger partial charge in [-0.25, -0.2) is 0 Å². The minimum Gasteiger partial charge on any atom is -0.343 e. The third-order valence-electron chi connectivity index (χ3n) is 4.26. The van der Waals surface area contributed by atoms with Crippen LogP contribution in [0, 0.1) is 17.3 Å². The summed E-state index contributed by atoms with van der Waals surface area (Å²) in [7, 11) is 0. The molecule has 1 spiro atoms. The molecule has 0 N–H and O–H groups in total. The monoisotopic (exact) mass is 195 g/mol. The van der Waals surface area contributed by atoms with Crippen molar-refractivity contribution in [2.24, 2.45) is 17.3 Å². The van der Waals surface area contributed by atoms with Crippen LogP contribution >= 0.6 is 0 Å². The number of amides is 1. The van der Waals surface area contributed by atoms with Gasteiger partial charge in [-0.05, 0) is 36.5 Å². The summed E-state index contributed by atoms with van der Waals surface area (Å²) < 4.78 is 0. The Labute approximate surface area is 86.7 Å². The number of hydrogen-bond donors (Lipinski definition) is 0. The maximum absolute atomic E-state index is 11.2. The van der Waals surface area contributed by atoms with Gasteiger partial charge in [0, 0.05) is 20.0 Å². The molecule has 2 nitrogen and oxygen atoms in total. The normalized spacial score (nSPS) is 29.7. The Morgan fingerprint density at radius 3 is 2.29 bits per heavy atom. The molecule has 1 amide bonds. The molecule has 1 atom stereocenters. The van der Waals surface area contributed by atoms with Gasteiger partial charge in [0.2, 0.25) is 5.91 Å². The van der Waals surface area contributed by atoms with E-state index < -0.39 is 0 Å². The van der Waals surface area contributed by atoms with Gasteiger partial charge in [-0.3, -0.25) is 4.79 Å². The van der Waals surface area contributed by atoms with Crippen molar-refractivity contribution in [2.75, 3.05) is 13.1 Å². The average Bonchev–Trinajstić information content (AvgIpc) is 2.80. The highest BCUT2D eigenvalue weighted by Crippen LogP contribution is 2.62. The van der Waals surface area contributed by atoms with Gasteiger partial charge in [0.15, 0.2) is 0 Å². The lowest BCUT2D eigenvalue weighted by Gasteiger charge is -2.32. The molecular formula is C12H21NO. The van der Waals surface area contributed by atoms with Gasteiger partial charge in [-0.15, -0.1) is 0 Å². The second-order valence-corrected chi connectivity index (χ2v) is 5.42. The Hall–Kier alpha value is -0.530. The summed E-state index contributed by atoms with van der Waals surface area (Å²) in [5.41, 5.74) is 0.639. The zero-order valence-corrected chi connectivity index (χ0v) is 9.55. The van der Waals surface area contributed by atoms with Crippen molar-refractivity contribution in [3.05, 3.63) is 0 Å². The summed E-state index contributed by atoms with van der Waals surface area (Å²) in [6.45, 7) is 8.34. The topological polar surface area (TPSA) is 20.3 Å². The van der Waals surface area contributed by atoms with E-state index in [1.807, 2.05) is 4.90 Å². The molecule has 80 valence electrons. The Balaban J connectivity index is 1.89. The van der Waals surface area contributed by atoms with Crippen LogP contribution < -0.4 is 0 Å². The van der Waals surface area contributed by atoms with Crippen molar-refractivity contribution in [3.63, 3.8) is 0 Å². The Morgan fingerprint density at radius 2 is 1.93 bits per heavy atom. The highest BCUT2D eigenvalue weighted by molar-refractivity contribution is 5.73. The van der Waals surface area contributed by atoms with Crippen LogP contribution in [0.4, 0.5) is 0 Å². The molecule has 2 fully saturated rings. The Kier molecular flexibility index (Phi) is 2.32. The van der Waals surface area contributed by atoms with Crippen molar-refractivity contribution in [2.45, 2.75) is 40.0 Å². The molecule has 1 saturated carbocycles. The zero-order valence-electron chi connectivity index (χ0n) is 9.55. The van der Waals surface area contributed by atoms with E-state index in [2.05, 4.69) is 13.8 Å². The molecule has 0 aromatic carbocycles. The average molecular weight is 195 g/mol. The number of rotatable bonds is 1. The highest BCUT2D eigenvalue weighted by Gasteiger charge is 2.55. The maximum atomic E-state index is 11.2. The minimum absolute atomic E-state index is 0.251. The van der Waals surface area contributed by atoms with E-state index >= 15 is 0 Å². The molecule has 1 saturated heterocycles. The van der Waals surface area contributed by atoms with E-state index in [9.17, 15) is 4.79 Å². The van der Waals surface area contributed by atoms with E-state index in [4.69, 9.17) is 0 Å². The third-order valence-corrected chi connectivity index (χ3v) is 4.26. The lowest BCUT2D eigenvalue weighted by Crippen LogP contribution is -2.38. The van der Waals surface area contributed by atoms with E-state index in [0.29, 0.717) is 5.41 Å². The van der Waals surface area contributed by atoms with Crippen LogP contribution in [0.3, 0.4) is 0 Å². The van der Waals surface area contributed by atoms with Crippen LogP contribution in [0.2, 0.25) is 0 Å². The van der Waals surface area contributed by atoms with Gasteiger partial charge < -0.3 is 4.90 Å². The Morgan fingerprint density at radius 1 is 1.36 bits per heavy atom. The first-order chi connectivity index (χ1) is 6.55. The van der Waals surface area contributed by atoms with Crippen LogP contribution in [0.15, 0.2) is 0 Å². The summed E-state index contributed by atoms with van der Waals surface area (Å²) in [5, 5.41) is 0. The van der Waals surface area contributed by atoms with Gasteiger partial charge >= 0.3 is 0 Å². The predicted octanol–water partition coefficient (Wildman–Crippen LogP) is 2.29. The number of piperidine rings is 1. The lowest BCUT2D eigenvalue weighted by atomic mass is 9.87. The number of nitrogens with zero attached hydrogens (tertiary/aromatic N) is 1. The molecule has 0 aromatic rings. The van der Waals surface area contributed by atoms with Crippen LogP contribution in [0.25, 0.3) is 0 Å². The van der Waals surface area contributed by atoms with Gasteiger partial charge in [-0.2, -0.15) is 0 Å². The molecule has 2 rings (SSSR count). The lowest BCUT2D eigenvalue weighted by molar-refractivity contribution is -0.130. The molecule has 2 heteroatoms. The molecule has 0 bridgehead atoms. The first-order valence-corrected chi connectivity index (χ1v) is 5.81. The third kappa shape index (κ3) is 1.55. The number of hydrogen-bond acceptors (Lipinski definition) is 1. The second-order valence-electron chi connectivity index (χ2n) is 5.42. The smallest absolute Gasteiger partial charge is 0.219 e. The van der Waals surface area contributed by atoms with Gasteiger partial charge in [0.05, 0.1) is 0 Å². The van der Waals surface area contributed by atoms with Gasteiger partial charge in [-0.1, -0.05) is 13.8 Å². The van der Waals surface area contributed by atoms with Crippen LogP contribution in [0.5, 0.6) is 0 Å². The Bertz CT molecular complexity index is 239. The fraction of sp³-hybridized carbons (Fsp3) is 0.917. The molecule has 1 aliphatic carbocycles. The first kappa shape index (κ1) is 10.0. The maximum Gasteiger partial charge on any atom is 0.219 e. The summed E-state index contributed by atoms with van der Waals surface area (Å²) in [6.07, 6.45) is 3.90. The number of likely N-dealkylation sites (tertiary alicyclic amines) is 1. The number of carbonyl (C=O) groups is 1. The molecule has 1 heterocycles. The van der Waals surface area contributed by atoms with Gasteiger partial charge in [0.1, 0.15) is 0 Å². The SMILES string of the molecule is CC(=O)N1CCC2(CC1)CC2C(C)C. The fourth-order valence-electron chi connectivity index (χ4n) is 3.16. The van der Waals surface area contributed by atoms with Crippen molar-refractivity contribution >= 4 is 5.91 Å². The van der Waals surface area contributed by atoms with Crippen LogP contribution in [-0.2, 0) is 4.79 Å². The van der Waals surface area contributed by atoms with E-state index in [0.717, 1.165) is 24.9 Å². The summed E-state index contributed by atoms with van der Waals surface area (Å²) in [5.74, 6) is 2.03.